The summed E-state index contributed by atoms with van der Waals surface area (Å²) in [7, 11) is 1.70. The van der Waals surface area contributed by atoms with Gasteiger partial charge in [-0.2, -0.15) is 0 Å². The van der Waals surface area contributed by atoms with Gasteiger partial charge in [0.25, 0.3) is 0 Å². The van der Waals surface area contributed by atoms with E-state index in [9.17, 15) is 0 Å². The summed E-state index contributed by atoms with van der Waals surface area (Å²) in [5.41, 5.74) is 1.44. The fraction of sp³-hybridized carbons (Fsp3) is 0.200. The molecule has 2 aromatic carbocycles. The van der Waals surface area contributed by atoms with Gasteiger partial charge in [0, 0.05) is 27.7 Å². The lowest BCUT2D eigenvalue weighted by atomic mass is 9.88. The first-order valence-corrected chi connectivity index (χ1v) is 6.82. The molecule has 0 aliphatic heterocycles. The number of hydrogen-bond acceptors (Lipinski definition) is 1. The highest BCUT2D eigenvalue weighted by Crippen LogP contribution is 2.39. The molecule has 94 valence electrons. The normalized spacial score (nSPS) is 14.2. The van der Waals surface area contributed by atoms with Crippen LogP contribution in [0, 0.1) is 0 Å². The first kappa shape index (κ1) is 13.6. The lowest BCUT2D eigenvalue weighted by Gasteiger charge is -2.31. The van der Waals surface area contributed by atoms with Crippen molar-refractivity contribution < 1.29 is 4.74 Å². The maximum Gasteiger partial charge on any atom is 0.117 e. The Bertz CT molecular complexity index is 508. The van der Waals surface area contributed by atoms with Crippen molar-refractivity contribution in [2.24, 2.45) is 0 Å². The van der Waals surface area contributed by atoms with Crippen LogP contribution < -0.4 is 0 Å². The molecule has 0 amide bonds. The molecule has 0 spiro atoms. The summed E-state index contributed by atoms with van der Waals surface area (Å²) in [6, 6.07) is 15.8. The molecule has 0 saturated heterocycles. The zero-order chi connectivity index (χ0) is 13.2. The first-order chi connectivity index (χ1) is 8.59. The number of rotatable bonds is 3. The molecule has 0 radical (unpaired) electrons. The minimum atomic E-state index is -0.571. The number of halogens is 2. The van der Waals surface area contributed by atoms with Gasteiger partial charge >= 0.3 is 0 Å². The van der Waals surface area contributed by atoms with E-state index in [-0.39, 0.29) is 0 Å². The predicted octanol–water partition coefficient (Wildman–Crippen LogP) is 5.01. The summed E-state index contributed by atoms with van der Waals surface area (Å²) in [6.45, 7) is 2.02. The number of hydrogen-bond donors (Lipinski definition) is 0. The second kappa shape index (κ2) is 5.43. The van der Waals surface area contributed by atoms with Crippen LogP contribution in [0.1, 0.15) is 18.1 Å². The van der Waals surface area contributed by atoms with Crippen molar-refractivity contribution in [2.75, 3.05) is 7.11 Å². The molecule has 0 aliphatic carbocycles. The van der Waals surface area contributed by atoms with Gasteiger partial charge in [-0.15, -0.1) is 0 Å². The molecule has 18 heavy (non-hydrogen) atoms. The molecule has 0 fully saturated rings. The number of methoxy groups -OCH3 is 1. The average molecular weight is 326 g/mol. The van der Waals surface area contributed by atoms with Crippen LogP contribution in [-0.4, -0.2) is 7.11 Å². The lowest BCUT2D eigenvalue weighted by Crippen LogP contribution is -2.26. The van der Waals surface area contributed by atoms with Gasteiger partial charge in [-0.25, -0.2) is 0 Å². The average Bonchev–Trinajstić information content (AvgIpc) is 2.39. The molecule has 0 aromatic heterocycles. The Morgan fingerprint density at radius 1 is 1.00 bits per heavy atom. The van der Waals surface area contributed by atoms with Crippen LogP contribution in [0.15, 0.2) is 53.0 Å². The maximum absolute atomic E-state index is 6.29. The minimum absolute atomic E-state index is 0.571. The van der Waals surface area contributed by atoms with Crippen molar-refractivity contribution in [3.8, 4) is 0 Å². The van der Waals surface area contributed by atoms with E-state index in [1.54, 1.807) is 7.11 Å². The number of ether oxygens (including phenoxy) is 1. The summed E-state index contributed by atoms with van der Waals surface area (Å²) in [6.07, 6.45) is 0. The Morgan fingerprint density at radius 2 is 1.56 bits per heavy atom. The molecule has 3 heteroatoms. The third-order valence-corrected chi connectivity index (χ3v) is 4.20. The summed E-state index contributed by atoms with van der Waals surface area (Å²) < 4.78 is 6.77. The quantitative estimate of drug-likeness (QED) is 0.770. The largest absolute Gasteiger partial charge is 0.369 e. The molecular formula is C15H14BrClO. The van der Waals surface area contributed by atoms with E-state index in [1.807, 2.05) is 55.5 Å². The third-order valence-electron chi connectivity index (χ3n) is 3.18. The molecule has 1 nitrogen and oxygen atoms in total. The van der Waals surface area contributed by atoms with Crippen LogP contribution in [0.25, 0.3) is 0 Å². The molecule has 0 heterocycles. The fourth-order valence-corrected chi connectivity index (χ4v) is 3.04. The molecule has 0 saturated carbocycles. The first-order valence-electron chi connectivity index (χ1n) is 5.65. The predicted molar refractivity (Wildman–Crippen MR) is 79.1 cm³/mol. The van der Waals surface area contributed by atoms with Gasteiger partial charge in [0.2, 0.25) is 0 Å². The van der Waals surface area contributed by atoms with E-state index >= 15 is 0 Å². The molecule has 2 aromatic rings. The van der Waals surface area contributed by atoms with Gasteiger partial charge in [-0.05, 0) is 19.1 Å². The molecule has 0 aliphatic rings. The second-order valence-electron chi connectivity index (χ2n) is 4.20. The van der Waals surface area contributed by atoms with E-state index in [0.717, 1.165) is 15.6 Å². The second-order valence-corrected chi connectivity index (χ2v) is 5.46. The lowest BCUT2D eigenvalue weighted by molar-refractivity contribution is 0.0386. The SMILES string of the molecule is COC(C)(c1ccccc1Cl)c1ccccc1Br. The summed E-state index contributed by atoms with van der Waals surface area (Å²) >= 11 is 9.87. The van der Waals surface area contributed by atoms with Gasteiger partial charge in [0.05, 0.1) is 0 Å². The highest BCUT2D eigenvalue weighted by Gasteiger charge is 2.32. The highest BCUT2D eigenvalue weighted by molar-refractivity contribution is 9.10. The molecular weight excluding hydrogens is 312 g/mol. The monoisotopic (exact) mass is 324 g/mol. The van der Waals surface area contributed by atoms with Crippen molar-refractivity contribution in [3.63, 3.8) is 0 Å². The van der Waals surface area contributed by atoms with E-state index in [1.165, 1.54) is 0 Å². The van der Waals surface area contributed by atoms with Crippen LogP contribution in [-0.2, 0) is 10.3 Å². The summed E-state index contributed by atoms with van der Waals surface area (Å²) in [4.78, 5) is 0. The van der Waals surface area contributed by atoms with E-state index in [4.69, 9.17) is 16.3 Å². The highest BCUT2D eigenvalue weighted by atomic mass is 79.9. The van der Waals surface area contributed by atoms with Crippen LogP contribution >= 0.6 is 27.5 Å². The fourth-order valence-electron chi connectivity index (χ4n) is 2.06. The van der Waals surface area contributed by atoms with Crippen molar-refractivity contribution in [1.82, 2.24) is 0 Å². The molecule has 1 atom stereocenters. The van der Waals surface area contributed by atoms with E-state index in [2.05, 4.69) is 15.9 Å². The Labute approximate surface area is 121 Å². The van der Waals surface area contributed by atoms with E-state index in [0.29, 0.717) is 5.02 Å². The maximum atomic E-state index is 6.29. The standard InChI is InChI=1S/C15H14BrClO/c1-15(18-2,11-7-3-5-9-13(11)16)12-8-4-6-10-14(12)17/h3-10H,1-2H3. The zero-order valence-electron chi connectivity index (χ0n) is 10.3. The summed E-state index contributed by atoms with van der Waals surface area (Å²) in [5.74, 6) is 0. The van der Waals surface area contributed by atoms with Gasteiger partial charge in [-0.3, -0.25) is 0 Å². The van der Waals surface area contributed by atoms with Gasteiger partial charge < -0.3 is 4.74 Å². The van der Waals surface area contributed by atoms with Crippen molar-refractivity contribution in [1.29, 1.82) is 0 Å². The molecule has 2 rings (SSSR count). The van der Waals surface area contributed by atoms with Gasteiger partial charge in [0.15, 0.2) is 0 Å². The van der Waals surface area contributed by atoms with Gasteiger partial charge in [0.1, 0.15) is 5.60 Å². The molecule has 0 bridgehead atoms. The topological polar surface area (TPSA) is 9.23 Å². The van der Waals surface area contributed by atoms with Crippen LogP contribution in [0.5, 0.6) is 0 Å². The smallest absolute Gasteiger partial charge is 0.117 e. The Kier molecular flexibility index (Phi) is 4.10. The minimum Gasteiger partial charge on any atom is -0.369 e. The van der Waals surface area contributed by atoms with Crippen LogP contribution in [0.4, 0.5) is 0 Å². The van der Waals surface area contributed by atoms with Crippen molar-refractivity contribution >= 4 is 27.5 Å². The third kappa shape index (κ3) is 2.33. The van der Waals surface area contributed by atoms with Crippen molar-refractivity contribution in [2.45, 2.75) is 12.5 Å². The van der Waals surface area contributed by atoms with Crippen molar-refractivity contribution in [3.05, 3.63) is 69.2 Å². The molecule has 0 N–H and O–H groups in total. The zero-order valence-corrected chi connectivity index (χ0v) is 12.6. The van der Waals surface area contributed by atoms with Gasteiger partial charge in [-0.1, -0.05) is 63.9 Å². The summed E-state index contributed by atoms with van der Waals surface area (Å²) in [5, 5.41) is 0.706. The van der Waals surface area contributed by atoms with E-state index < -0.39 is 5.60 Å². The Balaban J connectivity index is 2.63. The van der Waals surface area contributed by atoms with Crippen LogP contribution in [0.3, 0.4) is 0 Å². The Morgan fingerprint density at radius 3 is 2.11 bits per heavy atom. The molecule has 1 unspecified atom stereocenters. The number of benzene rings is 2. The van der Waals surface area contributed by atoms with Crippen LogP contribution in [0.2, 0.25) is 5.02 Å². The Hall–Kier alpha value is -0.830.